The molecule has 1 fully saturated rings. The van der Waals surface area contributed by atoms with Gasteiger partial charge >= 0.3 is 6.03 Å². The summed E-state index contributed by atoms with van der Waals surface area (Å²) in [5, 5.41) is 2.28. The van der Waals surface area contributed by atoms with Gasteiger partial charge in [0.05, 0.1) is 12.4 Å². The van der Waals surface area contributed by atoms with Crippen molar-refractivity contribution in [2.75, 3.05) is 25.4 Å². The second kappa shape index (κ2) is 11.3. The SMILES string of the molecule is CC(C)COc1cccc(C(C)NS(=O)(=O)CCCCCN2CCC(=O)NC2=O)c1. The highest BCUT2D eigenvalue weighted by Gasteiger charge is 2.22. The Morgan fingerprint density at radius 1 is 1.17 bits per heavy atom. The Kier molecular flexibility index (Phi) is 9.10. The molecule has 2 N–H and O–H groups in total. The monoisotopic (exact) mass is 439 g/mol. The predicted molar refractivity (Wildman–Crippen MR) is 116 cm³/mol. The number of nitrogens with zero attached hydrogens (tertiary/aromatic N) is 1. The minimum absolute atomic E-state index is 0.0333. The molecule has 1 aromatic rings. The first-order chi connectivity index (χ1) is 14.2. The first-order valence-corrected chi connectivity index (χ1v) is 12.1. The number of carbonyl (C=O) groups excluding carboxylic acids is 2. The van der Waals surface area contributed by atoms with Crippen molar-refractivity contribution in [1.82, 2.24) is 14.9 Å². The molecule has 3 amide bonds. The summed E-state index contributed by atoms with van der Waals surface area (Å²) in [4.78, 5) is 24.4. The van der Waals surface area contributed by atoms with Crippen LogP contribution in [-0.2, 0) is 14.8 Å². The quantitative estimate of drug-likeness (QED) is 0.487. The topological polar surface area (TPSA) is 105 Å². The third-order valence-corrected chi connectivity index (χ3v) is 6.32. The van der Waals surface area contributed by atoms with Gasteiger partial charge in [0.15, 0.2) is 0 Å². The largest absolute Gasteiger partial charge is 0.493 e. The van der Waals surface area contributed by atoms with Crippen LogP contribution in [0.1, 0.15) is 58.1 Å². The number of sulfonamides is 1. The van der Waals surface area contributed by atoms with E-state index in [0.717, 1.165) is 11.3 Å². The van der Waals surface area contributed by atoms with Gasteiger partial charge in [-0.25, -0.2) is 17.9 Å². The normalized spacial score (nSPS) is 15.9. The first-order valence-electron chi connectivity index (χ1n) is 10.5. The number of hydrogen-bond acceptors (Lipinski definition) is 5. The van der Waals surface area contributed by atoms with Gasteiger partial charge in [0.1, 0.15) is 5.75 Å². The summed E-state index contributed by atoms with van der Waals surface area (Å²) in [7, 11) is -3.42. The Hall–Kier alpha value is -2.13. The van der Waals surface area contributed by atoms with E-state index in [2.05, 4.69) is 23.9 Å². The molecule has 8 nitrogen and oxygen atoms in total. The van der Waals surface area contributed by atoms with Crippen LogP contribution in [-0.4, -0.2) is 50.7 Å². The summed E-state index contributed by atoms with van der Waals surface area (Å²) in [5.74, 6) is 0.928. The highest BCUT2D eigenvalue weighted by Crippen LogP contribution is 2.20. The van der Waals surface area contributed by atoms with Crippen molar-refractivity contribution >= 4 is 22.0 Å². The Balaban J connectivity index is 1.73. The zero-order chi connectivity index (χ0) is 22.1. The number of hydrogen-bond donors (Lipinski definition) is 2. The Morgan fingerprint density at radius 3 is 2.63 bits per heavy atom. The van der Waals surface area contributed by atoms with Gasteiger partial charge in [0.25, 0.3) is 0 Å². The minimum atomic E-state index is -3.42. The number of nitrogens with one attached hydrogen (secondary N) is 2. The smallest absolute Gasteiger partial charge is 0.324 e. The number of benzene rings is 1. The molecule has 30 heavy (non-hydrogen) atoms. The van der Waals surface area contributed by atoms with Gasteiger partial charge in [0.2, 0.25) is 15.9 Å². The average molecular weight is 440 g/mol. The molecule has 0 spiro atoms. The molecule has 1 unspecified atom stereocenters. The van der Waals surface area contributed by atoms with Gasteiger partial charge in [-0.1, -0.05) is 32.4 Å². The van der Waals surface area contributed by atoms with E-state index in [1.165, 1.54) is 0 Å². The molecule has 0 saturated carbocycles. The molecule has 2 rings (SSSR count). The fourth-order valence-corrected chi connectivity index (χ4v) is 4.49. The number of ether oxygens (including phenoxy) is 1. The van der Waals surface area contributed by atoms with Gasteiger partial charge in [-0.2, -0.15) is 0 Å². The molecule has 1 saturated heterocycles. The van der Waals surface area contributed by atoms with Crippen molar-refractivity contribution in [3.8, 4) is 5.75 Å². The molecular formula is C21H33N3O5S. The molecule has 168 valence electrons. The molecule has 1 aromatic carbocycles. The fourth-order valence-electron chi connectivity index (χ4n) is 3.12. The predicted octanol–water partition coefficient (Wildman–Crippen LogP) is 2.81. The van der Waals surface area contributed by atoms with Crippen molar-refractivity contribution < 1.29 is 22.7 Å². The van der Waals surface area contributed by atoms with E-state index in [1.54, 1.807) is 4.90 Å². The van der Waals surface area contributed by atoms with Gasteiger partial charge < -0.3 is 9.64 Å². The van der Waals surface area contributed by atoms with Crippen molar-refractivity contribution in [2.45, 2.75) is 52.5 Å². The molecular weight excluding hydrogens is 406 g/mol. The maximum atomic E-state index is 12.4. The first kappa shape index (κ1) is 24.1. The van der Waals surface area contributed by atoms with Gasteiger partial charge in [-0.3, -0.25) is 10.1 Å². The summed E-state index contributed by atoms with van der Waals surface area (Å²) in [6, 6.07) is 6.75. The number of unbranched alkanes of at least 4 members (excludes halogenated alkanes) is 2. The van der Waals surface area contributed by atoms with Crippen LogP contribution in [0, 0.1) is 5.92 Å². The van der Waals surface area contributed by atoms with Crippen LogP contribution in [0.4, 0.5) is 4.79 Å². The van der Waals surface area contributed by atoms with Crippen LogP contribution in [0.25, 0.3) is 0 Å². The van der Waals surface area contributed by atoms with E-state index in [0.29, 0.717) is 51.3 Å². The van der Waals surface area contributed by atoms with E-state index in [4.69, 9.17) is 4.74 Å². The van der Waals surface area contributed by atoms with Gasteiger partial charge in [-0.05, 0) is 43.4 Å². The number of imide groups is 1. The molecule has 1 heterocycles. The van der Waals surface area contributed by atoms with Crippen LogP contribution in [0.2, 0.25) is 0 Å². The molecule has 0 radical (unpaired) electrons. The van der Waals surface area contributed by atoms with Crippen molar-refractivity contribution in [1.29, 1.82) is 0 Å². The van der Waals surface area contributed by atoms with E-state index in [9.17, 15) is 18.0 Å². The lowest BCUT2D eigenvalue weighted by Crippen LogP contribution is -2.49. The van der Waals surface area contributed by atoms with Gasteiger partial charge in [0, 0.05) is 25.6 Å². The summed E-state index contributed by atoms with van der Waals surface area (Å²) in [6.45, 7) is 7.51. The zero-order valence-corrected chi connectivity index (χ0v) is 18.8. The van der Waals surface area contributed by atoms with Crippen molar-refractivity contribution in [2.24, 2.45) is 5.92 Å². The second-order valence-electron chi connectivity index (χ2n) is 8.09. The molecule has 0 bridgehead atoms. The lowest BCUT2D eigenvalue weighted by atomic mass is 10.1. The number of carbonyl (C=O) groups is 2. The zero-order valence-electron chi connectivity index (χ0n) is 18.0. The van der Waals surface area contributed by atoms with Crippen LogP contribution in [0.15, 0.2) is 24.3 Å². The summed E-state index contributed by atoms with van der Waals surface area (Å²) in [5.41, 5.74) is 0.852. The molecule has 1 aliphatic rings. The lowest BCUT2D eigenvalue weighted by Gasteiger charge is -2.26. The molecule has 0 aromatic heterocycles. The third kappa shape index (κ3) is 8.31. The van der Waals surface area contributed by atoms with E-state index >= 15 is 0 Å². The Labute approximate surface area is 179 Å². The number of amides is 3. The molecule has 0 aliphatic carbocycles. The van der Waals surface area contributed by atoms with Crippen LogP contribution in [0.3, 0.4) is 0 Å². The minimum Gasteiger partial charge on any atom is -0.493 e. The van der Waals surface area contributed by atoms with E-state index < -0.39 is 10.0 Å². The summed E-state index contributed by atoms with van der Waals surface area (Å²) >= 11 is 0. The van der Waals surface area contributed by atoms with E-state index in [-0.39, 0.29) is 23.7 Å². The molecule has 1 aliphatic heterocycles. The number of rotatable bonds is 12. The maximum Gasteiger partial charge on any atom is 0.324 e. The highest BCUT2D eigenvalue weighted by atomic mass is 32.2. The van der Waals surface area contributed by atoms with Gasteiger partial charge in [-0.15, -0.1) is 0 Å². The van der Waals surface area contributed by atoms with Crippen molar-refractivity contribution in [3.05, 3.63) is 29.8 Å². The Bertz CT molecular complexity index is 826. The second-order valence-corrected chi connectivity index (χ2v) is 9.96. The lowest BCUT2D eigenvalue weighted by molar-refractivity contribution is -0.121. The third-order valence-electron chi connectivity index (χ3n) is 4.78. The van der Waals surface area contributed by atoms with Crippen LogP contribution >= 0.6 is 0 Å². The van der Waals surface area contributed by atoms with Crippen LogP contribution in [0.5, 0.6) is 5.75 Å². The van der Waals surface area contributed by atoms with E-state index in [1.807, 2.05) is 31.2 Å². The summed E-state index contributed by atoms with van der Waals surface area (Å²) in [6.07, 6.45) is 2.20. The molecule has 9 heteroatoms. The Morgan fingerprint density at radius 2 is 1.93 bits per heavy atom. The van der Waals surface area contributed by atoms with Crippen molar-refractivity contribution in [3.63, 3.8) is 0 Å². The number of urea groups is 1. The summed E-state index contributed by atoms with van der Waals surface area (Å²) < 4.78 is 33.3. The average Bonchev–Trinajstić information content (AvgIpc) is 2.67. The molecule has 1 atom stereocenters. The fraction of sp³-hybridized carbons (Fsp3) is 0.619. The highest BCUT2D eigenvalue weighted by molar-refractivity contribution is 7.89. The maximum absolute atomic E-state index is 12.4. The van der Waals surface area contributed by atoms with Crippen LogP contribution < -0.4 is 14.8 Å². The standard InChI is InChI=1S/C21H33N3O5S/c1-16(2)15-29-19-9-7-8-18(14-19)17(3)23-30(27,28)13-6-4-5-11-24-12-10-20(25)22-21(24)26/h7-9,14,16-17,23H,4-6,10-13,15H2,1-3H3,(H,22,25,26).